The second-order valence-corrected chi connectivity index (χ2v) is 3.14. The maximum absolute atomic E-state index is 5.78. The molecule has 78 valence electrons. The molecule has 0 spiro atoms. The fourth-order valence-corrected chi connectivity index (χ4v) is 1.02. The Hall–Kier alpha value is -1.29. The van der Waals surface area contributed by atoms with Gasteiger partial charge in [0.1, 0.15) is 0 Å². The molecular weight excluding hydrogens is 178 g/mol. The first kappa shape index (κ1) is 10.8. The van der Waals surface area contributed by atoms with Crippen molar-refractivity contribution in [1.82, 2.24) is 4.98 Å². The lowest BCUT2D eigenvalue weighted by Gasteiger charge is -2.11. The van der Waals surface area contributed by atoms with E-state index in [0.29, 0.717) is 5.88 Å². The molecule has 0 aliphatic rings. The van der Waals surface area contributed by atoms with Gasteiger partial charge < -0.3 is 15.8 Å². The molecule has 0 aliphatic carbocycles. The minimum Gasteiger partial charge on any atom is -0.481 e. The number of nitrogens with one attached hydrogen (secondary N) is 1. The SMILES string of the molecule is CCC(N)CNc1ccnc(OC)c1. The number of pyridine rings is 1. The number of hydrogen-bond donors (Lipinski definition) is 2. The van der Waals surface area contributed by atoms with Gasteiger partial charge in [0.05, 0.1) is 7.11 Å². The number of nitrogens with two attached hydrogens (primary N) is 1. The van der Waals surface area contributed by atoms with Crippen molar-refractivity contribution in [2.24, 2.45) is 5.73 Å². The number of anilines is 1. The molecule has 0 amide bonds. The Kier molecular flexibility index (Phi) is 4.19. The smallest absolute Gasteiger partial charge is 0.214 e. The van der Waals surface area contributed by atoms with Crippen molar-refractivity contribution in [3.05, 3.63) is 18.3 Å². The molecule has 1 heterocycles. The Morgan fingerprint density at radius 1 is 1.64 bits per heavy atom. The van der Waals surface area contributed by atoms with E-state index < -0.39 is 0 Å². The highest BCUT2D eigenvalue weighted by atomic mass is 16.5. The lowest BCUT2D eigenvalue weighted by atomic mass is 10.2. The molecule has 1 atom stereocenters. The van der Waals surface area contributed by atoms with Gasteiger partial charge in [0.15, 0.2) is 0 Å². The molecule has 3 N–H and O–H groups in total. The van der Waals surface area contributed by atoms with Crippen LogP contribution >= 0.6 is 0 Å². The van der Waals surface area contributed by atoms with Crippen molar-refractivity contribution in [3.63, 3.8) is 0 Å². The van der Waals surface area contributed by atoms with E-state index in [4.69, 9.17) is 10.5 Å². The van der Waals surface area contributed by atoms with Crippen molar-refractivity contribution >= 4 is 5.69 Å². The Balaban J connectivity index is 2.50. The normalized spacial score (nSPS) is 12.2. The molecule has 1 unspecified atom stereocenters. The van der Waals surface area contributed by atoms with Gasteiger partial charge in [-0.05, 0) is 12.5 Å². The summed E-state index contributed by atoms with van der Waals surface area (Å²) in [6.07, 6.45) is 2.67. The molecule has 0 bridgehead atoms. The van der Waals surface area contributed by atoms with E-state index in [2.05, 4.69) is 17.2 Å². The number of ether oxygens (including phenoxy) is 1. The van der Waals surface area contributed by atoms with Gasteiger partial charge in [-0.3, -0.25) is 0 Å². The van der Waals surface area contributed by atoms with Crippen LogP contribution in [0.5, 0.6) is 5.88 Å². The third-order valence-corrected chi connectivity index (χ3v) is 2.04. The van der Waals surface area contributed by atoms with Crippen molar-refractivity contribution < 1.29 is 4.74 Å². The molecule has 4 heteroatoms. The largest absolute Gasteiger partial charge is 0.481 e. The topological polar surface area (TPSA) is 60.2 Å². The van der Waals surface area contributed by atoms with Gasteiger partial charge in [-0.15, -0.1) is 0 Å². The molecule has 14 heavy (non-hydrogen) atoms. The first-order chi connectivity index (χ1) is 6.76. The van der Waals surface area contributed by atoms with Crippen LogP contribution < -0.4 is 15.8 Å². The van der Waals surface area contributed by atoms with Crippen LogP contribution in [0, 0.1) is 0 Å². The monoisotopic (exact) mass is 195 g/mol. The summed E-state index contributed by atoms with van der Waals surface area (Å²) in [5, 5.41) is 3.23. The molecule has 0 saturated carbocycles. The van der Waals surface area contributed by atoms with Crippen LogP contribution in [0.2, 0.25) is 0 Å². The zero-order chi connectivity index (χ0) is 10.4. The number of rotatable bonds is 5. The van der Waals surface area contributed by atoms with Gasteiger partial charge in [0.2, 0.25) is 5.88 Å². The summed E-state index contributed by atoms with van der Waals surface area (Å²) in [4.78, 5) is 4.01. The van der Waals surface area contributed by atoms with E-state index in [-0.39, 0.29) is 6.04 Å². The van der Waals surface area contributed by atoms with Crippen molar-refractivity contribution in [1.29, 1.82) is 0 Å². The molecule has 1 rings (SSSR count). The average molecular weight is 195 g/mol. The Morgan fingerprint density at radius 2 is 2.43 bits per heavy atom. The first-order valence-electron chi connectivity index (χ1n) is 4.75. The highest BCUT2D eigenvalue weighted by molar-refractivity contribution is 5.45. The fraction of sp³-hybridized carbons (Fsp3) is 0.500. The van der Waals surface area contributed by atoms with Crippen LogP contribution in [0.25, 0.3) is 0 Å². The van der Waals surface area contributed by atoms with Crippen molar-refractivity contribution in [2.45, 2.75) is 19.4 Å². The Bertz CT molecular complexity index is 278. The summed E-state index contributed by atoms with van der Waals surface area (Å²) in [6, 6.07) is 3.93. The maximum atomic E-state index is 5.78. The van der Waals surface area contributed by atoms with E-state index in [9.17, 15) is 0 Å². The van der Waals surface area contributed by atoms with E-state index >= 15 is 0 Å². The van der Waals surface area contributed by atoms with Gasteiger partial charge in [0, 0.05) is 30.5 Å². The van der Waals surface area contributed by atoms with Crippen LogP contribution in [-0.2, 0) is 0 Å². The summed E-state index contributed by atoms with van der Waals surface area (Å²) in [5.41, 5.74) is 6.77. The quantitative estimate of drug-likeness (QED) is 0.742. The number of methoxy groups -OCH3 is 1. The van der Waals surface area contributed by atoms with E-state index in [1.54, 1.807) is 13.3 Å². The molecule has 1 aromatic heterocycles. The third kappa shape index (κ3) is 3.22. The van der Waals surface area contributed by atoms with Crippen LogP contribution in [0.1, 0.15) is 13.3 Å². The molecule has 0 radical (unpaired) electrons. The molecule has 0 aliphatic heterocycles. The van der Waals surface area contributed by atoms with Crippen LogP contribution in [0.4, 0.5) is 5.69 Å². The van der Waals surface area contributed by atoms with Crippen molar-refractivity contribution in [3.8, 4) is 5.88 Å². The van der Waals surface area contributed by atoms with Crippen molar-refractivity contribution in [2.75, 3.05) is 19.0 Å². The second-order valence-electron chi connectivity index (χ2n) is 3.14. The standard InChI is InChI=1S/C10H17N3O/c1-3-8(11)7-13-9-4-5-12-10(6-9)14-2/h4-6,8H,3,7,11H2,1-2H3,(H,12,13). The van der Waals surface area contributed by atoms with E-state index in [0.717, 1.165) is 18.7 Å². The predicted octanol–water partition coefficient (Wildman–Crippen LogP) is 1.24. The molecule has 4 nitrogen and oxygen atoms in total. The summed E-state index contributed by atoms with van der Waals surface area (Å²) in [6.45, 7) is 2.84. The zero-order valence-electron chi connectivity index (χ0n) is 8.66. The van der Waals surface area contributed by atoms with Crippen LogP contribution in [-0.4, -0.2) is 24.7 Å². The second kappa shape index (κ2) is 5.44. The number of aromatic nitrogens is 1. The molecule has 0 aromatic carbocycles. The maximum Gasteiger partial charge on any atom is 0.214 e. The average Bonchev–Trinajstić information content (AvgIpc) is 2.26. The Morgan fingerprint density at radius 3 is 3.07 bits per heavy atom. The van der Waals surface area contributed by atoms with Crippen LogP contribution in [0.3, 0.4) is 0 Å². The summed E-state index contributed by atoms with van der Waals surface area (Å²) in [5.74, 6) is 0.611. The van der Waals surface area contributed by atoms with E-state index in [1.807, 2.05) is 12.1 Å². The third-order valence-electron chi connectivity index (χ3n) is 2.04. The highest BCUT2D eigenvalue weighted by Crippen LogP contribution is 2.12. The van der Waals surface area contributed by atoms with Gasteiger partial charge in [-0.1, -0.05) is 6.92 Å². The van der Waals surface area contributed by atoms with Crippen LogP contribution in [0.15, 0.2) is 18.3 Å². The summed E-state index contributed by atoms with van der Waals surface area (Å²) < 4.78 is 5.01. The molecule has 1 aromatic rings. The lowest BCUT2D eigenvalue weighted by molar-refractivity contribution is 0.398. The molecule has 0 saturated heterocycles. The lowest BCUT2D eigenvalue weighted by Crippen LogP contribution is -2.27. The zero-order valence-corrected chi connectivity index (χ0v) is 8.66. The van der Waals surface area contributed by atoms with Gasteiger partial charge >= 0.3 is 0 Å². The summed E-state index contributed by atoms with van der Waals surface area (Å²) in [7, 11) is 1.60. The first-order valence-corrected chi connectivity index (χ1v) is 4.75. The highest BCUT2D eigenvalue weighted by Gasteiger charge is 1.99. The van der Waals surface area contributed by atoms with E-state index in [1.165, 1.54) is 0 Å². The summed E-state index contributed by atoms with van der Waals surface area (Å²) >= 11 is 0. The predicted molar refractivity (Wildman–Crippen MR) is 57.5 cm³/mol. The minimum atomic E-state index is 0.189. The van der Waals surface area contributed by atoms with Gasteiger partial charge in [0.25, 0.3) is 0 Å². The van der Waals surface area contributed by atoms with Gasteiger partial charge in [-0.2, -0.15) is 0 Å². The molecular formula is C10H17N3O. The number of hydrogen-bond acceptors (Lipinski definition) is 4. The van der Waals surface area contributed by atoms with Gasteiger partial charge in [-0.25, -0.2) is 4.98 Å². The Labute approximate surface area is 84.5 Å². The fourth-order valence-electron chi connectivity index (χ4n) is 1.02. The number of nitrogens with zero attached hydrogens (tertiary/aromatic N) is 1. The minimum absolute atomic E-state index is 0.189. The molecule has 0 fully saturated rings.